The molecule has 0 bridgehead atoms. The zero-order chi connectivity index (χ0) is 31.1. The standard InChI is InChI=1S/C32H41N3O6S/c1-8-27(31(37)33-32(3,4)5)34(21-24-14-12-13-23(2)19-24)30(36)22-35(25-15-10-9-11-16-25)42(38,39)26-17-18-28(40-6)29(20-26)41-7/h9-20,27H,8,21-22H2,1-7H3,(H,33,37). The molecule has 3 rings (SSSR count). The lowest BCUT2D eigenvalue weighted by atomic mass is 10.0. The van der Waals surface area contributed by atoms with E-state index in [2.05, 4.69) is 5.32 Å². The summed E-state index contributed by atoms with van der Waals surface area (Å²) in [7, 11) is -1.37. The SMILES string of the molecule is CCC(C(=O)NC(C)(C)C)N(Cc1cccc(C)c1)C(=O)CN(c1ccccc1)S(=O)(=O)c1ccc(OC)c(OC)c1. The third kappa shape index (κ3) is 8.03. The lowest BCUT2D eigenvalue weighted by Crippen LogP contribution is -2.55. The molecule has 3 aromatic carbocycles. The van der Waals surface area contributed by atoms with Gasteiger partial charge in [-0.1, -0.05) is 55.0 Å². The van der Waals surface area contributed by atoms with Crippen molar-refractivity contribution in [2.75, 3.05) is 25.1 Å². The van der Waals surface area contributed by atoms with Gasteiger partial charge in [-0.3, -0.25) is 13.9 Å². The van der Waals surface area contributed by atoms with Crippen molar-refractivity contribution in [3.8, 4) is 11.5 Å². The van der Waals surface area contributed by atoms with Crippen molar-refractivity contribution in [3.63, 3.8) is 0 Å². The Labute approximate surface area is 249 Å². The molecular weight excluding hydrogens is 554 g/mol. The van der Waals surface area contributed by atoms with Crippen LogP contribution in [0.15, 0.2) is 77.7 Å². The number of rotatable bonds is 12. The van der Waals surface area contributed by atoms with Gasteiger partial charge in [0.2, 0.25) is 11.8 Å². The van der Waals surface area contributed by atoms with E-state index in [0.717, 1.165) is 15.4 Å². The van der Waals surface area contributed by atoms with Crippen molar-refractivity contribution in [3.05, 3.63) is 83.9 Å². The molecule has 10 heteroatoms. The number of carbonyl (C=O) groups excluding carboxylic acids is 2. The molecule has 3 aromatic rings. The van der Waals surface area contributed by atoms with E-state index < -0.39 is 34.1 Å². The summed E-state index contributed by atoms with van der Waals surface area (Å²) in [6, 6.07) is 19.6. The van der Waals surface area contributed by atoms with Crippen LogP contribution in [-0.4, -0.2) is 57.5 Å². The minimum atomic E-state index is -4.25. The lowest BCUT2D eigenvalue weighted by Gasteiger charge is -2.34. The summed E-state index contributed by atoms with van der Waals surface area (Å²) < 4.78 is 39.9. The predicted molar refractivity (Wildman–Crippen MR) is 164 cm³/mol. The number of nitrogens with one attached hydrogen (secondary N) is 1. The highest BCUT2D eigenvalue weighted by molar-refractivity contribution is 7.92. The molecule has 9 nitrogen and oxygen atoms in total. The Bertz CT molecular complexity index is 1490. The number of amides is 2. The number of para-hydroxylation sites is 1. The van der Waals surface area contributed by atoms with Gasteiger partial charge < -0.3 is 19.7 Å². The zero-order valence-corrected chi connectivity index (χ0v) is 26.2. The van der Waals surface area contributed by atoms with E-state index in [4.69, 9.17) is 9.47 Å². The number of benzene rings is 3. The first kappa shape index (κ1) is 32.5. The third-order valence-corrected chi connectivity index (χ3v) is 8.36. The zero-order valence-electron chi connectivity index (χ0n) is 25.4. The Hall–Kier alpha value is -4.05. The molecule has 0 fully saturated rings. The molecule has 2 amide bonds. The second kappa shape index (κ2) is 13.7. The first-order chi connectivity index (χ1) is 19.8. The summed E-state index contributed by atoms with van der Waals surface area (Å²) in [5, 5.41) is 2.98. The van der Waals surface area contributed by atoms with E-state index in [-0.39, 0.29) is 23.1 Å². The number of methoxy groups -OCH3 is 2. The van der Waals surface area contributed by atoms with Crippen molar-refractivity contribution >= 4 is 27.5 Å². The molecule has 0 spiro atoms. The monoisotopic (exact) mass is 595 g/mol. The number of ether oxygens (including phenoxy) is 2. The Morgan fingerprint density at radius 3 is 2.14 bits per heavy atom. The van der Waals surface area contributed by atoms with Gasteiger partial charge in [-0.15, -0.1) is 0 Å². The number of anilines is 1. The summed E-state index contributed by atoms with van der Waals surface area (Å²) in [6.45, 7) is 9.01. The predicted octanol–water partition coefficient (Wildman–Crippen LogP) is 4.93. The van der Waals surface area contributed by atoms with Crippen LogP contribution in [0.25, 0.3) is 0 Å². The molecule has 1 atom stereocenters. The second-order valence-corrected chi connectivity index (χ2v) is 12.9. The third-order valence-electron chi connectivity index (χ3n) is 6.59. The van der Waals surface area contributed by atoms with Crippen LogP contribution in [0.4, 0.5) is 5.69 Å². The smallest absolute Gasteiger partial charge is 0.264 e. The molecule has 1 N–H and O–H groups in total. The fraction of sp³-hybridized carbons (Fsp3) is 0.375. The number of hydrogen-bond acceptors (Lipinski definition) is 6. The molecule has 0 saturated heterocycles. The second-order valence-electron chi connectivity index (χ2n) is 11.0. The fourth-order valence-corrected chi connectivity index (χ4v) is 6.04. The highest BCUT2D eigenvalue weighted by atomic mass is 32.2. The summed E-state index contributed by atoms with van der Waals surface area (Å²) >= 11 is 0. The first-order valence-corrected chi connectivity index (χ1v) is 15.2. The molecule has 0 aliphatic heterocycles. The van der Waals surface area contributed by atoms with E-state index in [1.54, 1.807) is 30.3 Å². The maximum absolute atomic E-state index is 14.2. The van der Waals surface area contributed by atoms with Gasteiger partial charge in [0.15, 0.2) is 11.5 Å². The molecule has 0 aromatic heterocycles. The van der Waals surface area contributed by atoms with Crippen molar-refractivity contribution in [1.29, 1.82) is 0 Å². The maximum atomic E-state index is 14.2. The van der Waals surface area contributed by atoms with Crippen LogP contribution in [-0.2, 0) is 26.2 Å². The fourth-order valence-electron chi connectivity index (χ4n) is 4.61. The number of sulfonamides is 1. The summed E-state index contributed by atoms with van der Waals surface area (Å²) in [6.07, 6.45) is 0.341. The summed E-state index contributed by atoms with van der Waals surface area (Å²) in [5.74, 6) is -0.206. The van der Waals surface area contributed by atoms with E-state index in [9.17, 15) is 18.0 Å². The molecule has 42 heavy (non-hydrogen) atoms. The number of carbonyl (C=O) groups is 2. The van der Waals surface area contributed by atoms with E-state index in [1.165, 1.54) is 37.3 Å². The van der Waals surface area contributed by atoms with Gasteiger partial charge in [0, 0.05) is 18.2 Å². The highest BCUT2D eigenvalue weighted by Gasteiger charge is 2.35. The Morgan fingerprint density at radius 1 is 0.905 bits per heavy atom. The van der Waals surface area contributed by atoms with Crippen molar-refractivity contribution in [2.45, 2.75) is 64.1 Å². The molecule has 0 saturated carbocycles. The van der Waals surface area contributed by atoms with Gasteiger partial charge in [0.05, 0.1) is 24.8 Å². The van der Waals surface area contributed by atoms with Crippen molar-refractivity contribution in [2.24, 2.45) is 0 Å². The Kier molecular flexibility index (Phi) is 10.6. The molecule has 0 radical (unpaired) electrons. The van der Waals surface area contributed by atoms with Crippen LogP contribution in [0.1, 0.15) is 45.2 Å². The average molecular weight is 596 g/mol. The minimum absolute atomic E-state index is 0.0699. The Morgan fingerprint density at radius 2 is 1.57 bits per heavy atom. The molecule has 0 heterocycles. The van der Waals surface area contributed by atoms with Crippen LogP contribution in [0, 0.1) is 6.92 Å². The van der Waals surface area contributed by atoms with Crippen LogP contribution < -0.4 is 19.1 Å². The minimum Gasteiger partial charge on any atom is -0.493 e. The van der Waals surface area contributed by atoms with Gasteiger partial charge in [-0.25, -0.2) is 8.42 Å². The molecule has 1 unspecified atom stereocenters. The largest absolute Gasteiger partial charge is 0.493 e. The summed E-state index contributed by atoms with van der Waals surface area (Å²) in [5.41, 5.74) is 1.63. The van der Waals surface area contributed by atoms with E-state index in [1.807, 2.05) is 58.9 Å². The maximum Gasteiger partial charge on any atom is 0.264 e. The molecule has 0 aliphatic rings. The van der Waals surface area contributed by atoms with Gasteiger partial charge >= 0.3 is 0 Å². The highest BCUT2D eigenvalue weighted by Crippen LogP contribution is 2.32. The molecular formula is C32H41N3O6S. The summed E-state index contributed by atoms with van der Waals surface area (Å²) in [4.78, 5) is 29.0. The van der Waals surface area contributed by atoms with Crippen molar-refractivity contribution in [1.82, 2.24) is 10.2 Å². The topological polar surface area (TPSA) is 105 Å². The normalized spacial score (nSPS) is 12.3. The van der Waals surface area contributed by atoms with Gasteiger partial charge in [-0.2, -0.15) is 0 Å². The number of aryl methyl sites for hydroxylation is 1. The first-order valence-electron chi connectivity index (χ1n) is 13.8. The van der Waals surface area contributed by atoms with Gasteiger partial charge in [0.25, 0.3) is 10.0 Å². The van der Waals surface area contributed by atoms with E-state index in [0.29, 0.717) is 17.9 Å². The lowest BCUT2D eigenvalue weighted by molar-refractivity contribution is -0.141. The van der Waals surface area contributed by atoms with Gasteiger partial charge in [-0.05, 0) is 63.9 Å². The molecule has 226 valence electrons. The average Bonchev–Trinajstić information content (AvgIpc) is 2.94. The number of nitrogens with zero attached hydrogens (tertiary/aromatic N) is 2. The Balaban J connectivity index is 2.09. The van der Waals surface area contributed by atoms with Gasteiger partial charge in [0.1, 0.15) is 12.6 Å². The van der Waals surface area contributed by atoms with Crippen LogP contribution in [0.5, 0.6) is 11.5 Å². The van der Waals surface area contributed by atoms with Crippen LogP contribution >= 0.6 is 0 Å². The van der Waals surface area contributed by atoms with Crippen LogP contribution in [0.2, 0.25) is 0 Å². The quantitative estimate of drug-likeness (QED) is 0.318. The molecule has 0 aliphatic carbocycles. The van der Waals surface area contributed by atoms with Crippen molar-refractivity contribution < 1.29 is 27.5 Å². The number of hydrogen-bond donors (Lipinski definition) is 1. The van der Waals surface area contributed by atoms with E-state index >= 15 is 0 Å². The van der Waals surface area contributed by atoms with Crippen LogP contribution in [0.3, 0.4) is 0 Å².